The third-order valence-electron chi connectivity index (χ3n) is 6.03. The number of piperidine rings is 1. The molecule has 1 aliphatic carbocycles. The molecule has 5 N–H and O–H groups in total. The van der Waals surface area contributed by atoms with Gasteiger partial charge in [-0.25, -0.2) is 4.99 Å². The SMILES string of the molecule is NC1=NC2(CCCCC2)N(c2ccc(CC3CCNCC3)cc2)C(N)=N1. The number of aliphatic imine (C=N–C) groups is 2. The zero-order valence-corrected chi connectivity index (χ0v) is 15.5. The predicted molar refractivity (Wildman–Crippen MR) is 107 cm³/mol. The Morgan fingerprint density at radius 1 is 1.04 bits per heavy atom. The number of nitrogens with zero attached hydrogens (tertiary/aromatic N) is 3. The third-order valence-corrected chi connectivity index (χ3v) is 6.03. The van der Waals surface area contributed by atoms with Crippen LogP contribution >= 0.6 is 0 Å². The van der Waals surface area contributed by atoms with Crippen molar-refractivity contribution in [1.82, 2.24) is 5.32 Å². The van der Waals surface area contributed by atoms with E-state index >= 15 is 0 Å². The van der Waals surface area contributed by atoms with Crippen LogP contribution in [0.3, 0.4) is 0 Å². The summed E-state index contributed by atoms with van der Waals surface area (Å²) in [5, 5.41) is 3.44. The molecule has 6 nitrogen and oxygen atoms in total. The fourth-order valence-corrected chi connectivity index (χ4v) is 4.70. The minimum Gasteiger partial charge on any atom is -0.369 e. The first kappa shape index (κ1) is 17.3. The van der Waals surface area contributed by atoms with Gasteiger partial charge in [0.15, 0.2) is 0 Å². The molecule has 0 amide bonds. The monoisotopic (exact) mass is 354 g/mol. The predicted octanol–water partition coefficient (Wildman–Crippen LogP) is 2.34. The minimum atomic E-state index is -0.356. The highest BCUT2D eigenvalue weighted by atomic mass is 15.4. The summed E-state index contributed by atoms with van der Waals surface area (Å²) in [5.74, 6) is 1.56. The van der Waals surface area contributed by atoms with Gasteiger partial charge in [0.25, 0.3) is 0 Å². The lowest BCUT2D eigenvalue weighted by Gasteiger charge is -2.45. The molecule has 4 rings (SSSR count). The Morgan fingerprint density at radius 2 is 1.73 bits per heavy atom. The number of hydrogen-bond donors (Lipinski definition) is 3. The summed E-state index contributed by atoms with van der Waals surface area (Å²) in [7, 11) is 0. The van der Waals surface area contributed by atoms with Crippen molar-refractivity contribution in [3.8, 4) is 0 Å². The van der Waals surface area contributed by atoms with E-state index in [1.165, 1.54) is 24.8 Å². The van der Waals surface area contributed by atoms with Crippen molar-refractivity contribution in [2.24, 2.45) is 27.4 Å². The zero-order chi connectivity index (χ0) is 18.0. The number of nitrogens with one attached hydrogen (secondary N) is 1. The molecule has 6 heteroatoms. The molecular formula is C20H30N6. The second-order valence-corrected chi connectivity index (χ2v) is 7.88. The van der Waals surface area contributed by atoms with Gasteiger partial charge in [-0.15, -0.1) is 0 Å². The van der Waals surface area contributed by atoms with E-state index in [2.05, 4.69) is 39.5 Å². The maximum absolute atomic E-state index is 6.30. The summed E-state index contributed by atoms with van der Waals surface area (Å²) in [6.07, 6.45) is 9.18. The summed E-state index contributed by atoms with van der Waals surface area (Å²) in [5.41, 5.74) is 14.4. The topological polar surface area (TPSA) is 92.0 Å². The Bertz CT molecular complexity index is 681. The summed E-state index contributed by atoms with van der Waals surface area (Å²) in [4.78, 5) is 11.1. The van der Waals surface area contributed by atoms with E-state index in [4.69, 9.17) is 16.5 Å². The molecular weight excluding hydrogens is 324 g/mol. The maximum atomic E-state index is 6.30. The molecule has 1 aromatic carbocycles. The first-order valence-electron chi connectivity index (χ1n) is 9.96. The lowest BCUT2D eigenvalue weighted by molar-refractivity contribution is 0.305. The second kappa shape index (κ2) is 7.27. The van der Waals surface area contributed by atoms with E-state index in [9.17, 15) is 0 Å². The highest BCUT2D eigenvalue weighted by Crippen LogP contribution is 2.39. The second-order valence-electron chi connectivity index (χ2n) is 7.88. The standard InChI is InChI=1S/C20H30N6/c21-18-24-19(22)26(20(25-18)10-2-1-3-11-20)17-6-4-15(5-7-17)14-16-8-12-23-13-9-16/h4-7,16,23H,1-3,8-14H2,(H4,21,22,24,25). The Morgan fingerprint density at radius 3 is 2.42 bits per heavy atom. The van der Waals surface area contributed by atoms with Crippen LogP contribution in [0.15, 0.2) is 34.3 Å². The average Bonchev–Trinajstić information content (AvgIpc) is 2.64. The molecule has 0 aromatic heterocycles. The van der Waals surface area contributed by atoms with E-state index < -0.39 is 0 Å². The van der Waals surface area contributed by atoms with Crippen molar-refractivity contribution in [2.75, 3.05) is 18.0 Å². The van der Waals surface area contributed by atoms with E-state index in [1.54, 1.807) is 0 Å². The third kappa shape index (κ3) is 3.43. The summed E-state index contributed by atoms with van der Waals surface area (Å²) in [6, 6.07) is 8.82. The largest absolute Gasteiger partial charge is 0.369 e. The van der Waals surface area contributed by atoms with Crippen LogP contribution in [0.2, 0.25) is 0 Å². The Kier molecular flexibility index (Phi) is 4.85. The Labute approximate surface area is 155 Å². The number of benzene rings is 1. The van der Waals surface area contributed by atoms with Gasteiger partial charge >= 0.3 is 0 Å². The average molecular weight is 355 g/mol. The van der Waals surface area contributed by atoms with Crippen molar-refractivity contribution in [3.05, 3.63) is 29.8 Å². The van der Waals surface area contributed by atoms with Gasteiger partial charge in [-0.2, -0.15) is 4.99 Å². The molecule has 1 saturated heterocycles. The molecule has 2 fully saturated rings. The van der Waals surface area contributed by atoms with Crippen molar-refractivity contribution in [3.63, 3.8) is 0 Å². The number of hydrogen-bond acceptors (Lipinski definition) is 6. The van der Waals surface area contributed by atoms with Gasteiger partial charge in [-0.05, 0) is 81.6 Å². The van der Waals surface area contributed by atoms with Crippen LogP contribution in [0, 0.1) is 5.92 Å². The van der Waals surface area contributed by atoms with Gasteiger partial charge in [-0.1, -0.05) is 18.6 Å². The molecule has 1 saturated carbocycles. The van der Waals surface area contributed by atoms with E-state index in [1.807, 2.05) is 0 Å². The molecule has 0 atom stereocenters. The van der Waals surface area contributed by atoms with Crippen LogP contribution in [-0.2, 0) is 6.42 Å². The van der Waals surface area contributed by atoms with Crippen LogP contribution in [-0.4, -0.2) is 30.7 Å². The zero-order valence-electron chi connectivity index (χ0n) is 15.5. The molecule has 140 valence electrons. The van der Waals surface area contributed by atoms with E-state index in [-0.39, 0.29) is 5.66 Å². The Balaban J connectivity index is 1.56. The Hall–Kier alpha value is -2.08. The highest BCUT2D eigenvalue weighted by molar-refractivity contribution is 6.05. The summed E-state index contributed by atoms with van der Waals surface area (Å²) >= 11 is 0. The fraction of sp³-hybridized carbons (Fsp3) is 0.600. The van der Waals surface area contributed by atoms with E-state index in [0.29, 0.717) is 11.9 Å². The number of guanidine groups is 2. The van der Waals surface area contributed by atoms with Crippen LogP contribution < -0.4 is 21.7 Å². The van der Waals surface area contributed by atoms with Crippen molar-refractivity contribution >= 4 is 17.6 Å². The summed E-state index contributed by atoms with van der Waals surface area (Å²) < 4.78 is 0. The summed E-state index contributed by atoms with van der Waals surface area (Å²) in [6.45, 7) is 2.29. The first-order valence-corrected chi connectivity index (χ1v) is 9.96. The molecule has 2 heterocycles. The van der Waals surface area contributed by atoms with Gasteiger partial charge in [0.1, 0.15) is 5.66 Å². The van der Waals surface area contributed by atoms with Gasteiger partial charge in [0, 0.05) is 5.69 Å². The quantitative estimate of drug-likeness (QED) is 0.777. The van der Waals surface area contributed by atoms with Crippen molar-refractivity contribution < 1.29 is 0 Å². The first-order chi connectivity index (χ1) is 12.7. The molecule has 26 heavy (non-hydrogen) atoms. The smallest absolute Gasteiger partial charge is 0.220 e. The molecule has 3 aliphatic rings. The normalized spacial score (nSPS) is 23.6. The molecule has 0 unspecified atom stereocenters. The van der Waals surface area contributed by atoms with Crippen LogP contribution in [0.25, 0.3) is 0 Å². The van der Waals surface area contributed by atoms with Crippen LogP contribution in [0.1, 0.15) is 50.5 Å². The van der Waals surface area contributed by atoms with Crippen LogP contribution in [0.5, 0.6) is 0 Å². The molecule has 2 aliphatic heterocycles. The molecule has 0 bridgehead atoms. The lowest BCUT2D eigenvalue weighted by Crippen LogP contribution is -2.58. The van der Waals surface area contributed by atoms with Gasteiger partial charge in [0.2, 0.25) is 11.9 Å². The molecule has 1 spiro atoms. The number of anilines is 1. The van der Waals surface area contributed by atoms with E-state index in [0.717, 1.165) is 56.8 Å². The van der Waals surface area contributed by atoms with Gasteiger partial charge in [0.05, 0.1) is 0 Å². The molecule has 1 aromatic rings. The van der Waals surface area contributed by atoms with Crippen molar-refractivity contribution in [1.29, 1.82) is 0 Å². The van der Waals surface area contributed by atoms with Crippen LogP contribution in [0.4, 0.5) is 5.69 Å². The molecule has 0 radical (unpaired) electrons. The van der Waals surface area contributed by atoms with Crippen molar-refractivity contribution in [2.45, 2.75) is 57.0 Å². The number of rotatable bonds is 3. The van der Waals surface area contributed by atoms with Gasteiger partial charge < -0.3 is 16.8 Å². The number of nitrogens with two attached hydrogens (primary N) is 2. The maximum Gasteiger partial charge on any atom is 0.220 e. The van der Waals surface area contributed by atoms with Gasteiger partial charge in [-0.3, -0.25) is 4.90 Å². The fourth-order valence-electron chi connectivity index (χ4n) is 4.70. The highest BCUT2D eigenvalue weighted by Gasteiger charge is 2.42. The lowest BCUT2D eigenvalue weighted by atomic mass is 9.87. The minimum absolute atomic E-state index is 0.308.